The number of aliphatic hydroxyl groups excluding tert-OH is 1. The summed E-state index contributed by atoms with van der Waals surface area (Å²) in [7, 11) is 1.59. The second-order valence-corrected chi connectivity index (χ2v) is 14.0. The van der Waals surface area contributed by atoms with E-state index in [0.29, 0.717) is 30.3 Å². The van der Waals surface area contributed by atoms with E-state index in [1.165, 1.54) is 70.6 Å². The number of amides is 1. The number of phosphoric acid groups is 1. The zero-order chi connectivity index (χ0) is 30.8. The van der Waals surface area contributed by atoms with Crippen LogP contribution in [0.25, 0.3) is 0 Å². The van der Waals surface area contributed by atoms with Gasteiger partial charge in [-0.25, -0.2) is 4.57 Å². The van der Waals surface area contributed by atoms with E-state index in [1.54, 1.807) is 0 Å². The van der Waals surface area contributed by atoms with Gasteiger partial charge in [-0.15, -0.1) is 0 Å². The molecule has 0 aromatic heterocycles. The van der Waals surface area contributed by atoms with Gasteiger partial charge in [0.25, 0.3) is 0 Å². The van der Waals surface area contributed by atoms with E-state index in [0.717, 1.165) is 32.1 Å². The molecule has 0 bridgehead atoms. The van der Waals surface area contributed by atoms with Gasteiger partial charge in [0.2, 0.25) is 5.91 Å². The van der Waals surface area contributed by atoms with Crippen molar-refractivity contribution in [1.82, 2.24) is 5.32 Å². The van der Waals surface area contributed by atoms with Crippen LogP contribution in [0.3, 0.4) is 0 Å². The molecule has 0 fully saturated rings. The van der Waals surface area contributed by atoms with E-state index in [4.69, 9.17) is 9.05 Å². The number of rotatable bonds is 29. The number of aliphatic hydroxyl groups is 1. The molecule has 3 unspecified atom stereocenters. The first kappa shape index (κ1) is 40.2. The van der Waals surface area contributed by atoms with Gasteiger partial charge >= 0.3 is 7.82 Å². The summed E-state index contributed by atoms with van der Waals surface area (Å²) in [6.07, 6.45) is 23.9. The highest BCUT2D eigenvalue weighted by atomic mass is 31.2. The van der Waals surface area contributed by atoms with Gasteiger partial charge in [0.05, 0.1) is 39.9 Å². The number of nitrogens with one attached hydrogen (secondary N) is 1. The smallest absolute Gasteiger partial charge is 0.391 e. The first-order valence-electron chi connectivity index (χ1n) is 16.6. The van der Waals surface area contributed by atoms with Crippen molar-refractivity contribution in [2.45, 2.75) is 148 Å². The molecule has 0 aliphatic carbocycles. The van der Waals surface area contributed by atoms with E-state index in [1.807, 2.05) is 21.1 Å². The molecule has 244 valence electrons. The second kappa shape index (κ2) is 25.7. The van der Waals surface area contributed by atoms with E-state index in [9.17, 15) is 19.4 Å². The number of phosphoric ester groups is 1. The molecule has 0 saturated carbocycles. The minimum Gasteiger partial charge on any atom is -0.391 e. The SMILES string of the molecule is CCCCCC/C=C\CCCC(=O)NC(COP(=O)(O)OCC[N+](C)(C)C)C(O)CCCCCCCCCCCC. The molecule has 3 N–H and O–H groups in total. The Hall–Kier alpha value is -0.760. The number of hydrogen-bond donors (Lipinski definition) is 3. The van der Waals surface area contributed by atoms with Gasteiger partial charge in [-0.3, -0.25) is 13.8 Å². The number of quaternary nitrogens is 1. The molecule has 8 nitrogen and oxygen atoms in total. The van der Waals surface area contributed by atoms with Gasteiger partial charge in [-0.05, 0) is 32.1 Å². The number of carbonyl (C=O) groups is 1. The van der Waals surface area contributed by atoms with Gasteiger partial charge in [0.15, 0.2) is 0 Å². The summed E-state index contributed by atoms with van der Waals surface area (Å²) in [6, 6.07) is -0.766. The van der Waals surface area contributed by atoms with E-state index in [2.05, 4.69) is 31.3 Å². The molecule has 0 aromatic carbocycles. The van der Waals surface area contributed by atoms with Crippen molar-refractivity contribution in [3.63, 3.8) is 0 Å². The second-order valence-electron chi connectivity index (χ2n) is 12.5. The fourth-order valence-corrected chi connectivity index (χ4v) is 5.25. The Kier molecular flexibility index (Phi) is 25.2. The highest BCUT2D eigenvalue weighted by Crippen LogP contribution is 2.43. The lowest BCUT2D eigenvalue weighted by molar-refractivity contribution is -0.870. The third-order valence-electron chi connectivity index (χ3n) is 7.26. The summed E-state index contributed by atoms with van der Waals surface area (Å²) in [5.74, 6) is -0.184. The molecule has 41 heavy (non-hydrogen) atoms. The molecular weight excluding hydrogens is 539 g/mol. The van der Waals surface area contributed by atoms with Crippen LogP contribution in [0.2, 0.25) is 0 Å². The Morgan fingerprint density at radius 3 is 1.88 bits per heavy atom. The van der Waals surface area contributed by atoms with E-state index >= 15 is 0 Å². The van der Waals surface area contributed by atoms with Crippen molar-refractivity contribution < 1.29 is 32.9 Å². The van der Waals surface area contributed by atoms with Crippen molar-refractivity contribution >= 4 is 13.7 Å². The topological polar surface area (TPSA) is 105 Å². The standard InChI is InChI=1S/C32H65N2O6P/c1-6-8-10-12-14-16-18-19-21-23-25-31(35)30(29-40-41(37,38)39-28-27-34(3,4)5)33-32(36)26-24-22-20-17-15-13-11-9-7-2/h17,20,30-31,35H,6-16,18-19,21-29H2,1-5H3,(H-,33,36,37,38)/p+1/b20-17-. The van der Waals surface area contributed by atoms with Crippen LogP contribution in [-0.4, -0.2) is 73.4 Å². The summed E-state index contributed by atoms with van der Waals surface area (Å²) >= 11 is 0. The number of carbonyl (C=O) groups excluding carboxylic acids is 1. The highest BCUT2D eigenvalue weighted by molar-refractivity contribution is 7.47. The summed E-state index contributed by atoms with van der Waals surface area (Å²) in [6.45, 7) is 4.78. The minimum absolute atomic E-state index is 0.0710. The van der Waals surface area contributed by atoms with Gasteiger partial charge in [0, 0.05) is 6.42 Å². The molecule has 9 heteroatoms. The van der Waals surface area contributed by atoms with Crippen molar-refractivity contribution in [3.8, 4) is 0 Å². The van der Waals surface area contributed by atoms with Crippen molar-refractivity contribution in [1.29, 1.82) is 0 Å². The molecule has 0 saturated heterocycles. The molecule has 0 aliphatic heterocycles. The summed E-state index contributed by atoms with van der Waals surface area (Å²) in [5, 5.41) is 13.7. The summed E-state index contributed by atoms with van der Waals surface area (Å²) < 4.78 is 23.3. The fourth-order valence-electron chi connectivity index (χ4n) is 4.52. The Balaban J connectivity index is 4.61. The monoisotopic (exact) mass is 605 g/mol. The Bertz CT molecular complexity index is 698. The van der Waals surface area contributed by atoms with Crippen LogP contribution in [-0.2, 0) is 18.4 Å². The molecule has 0 aromatic rings. The molecule has 3 atom stereocenters. The van der Waals surface area contributed by atoms with Crippen LogP contribution in [0.4, 0.5) is 0 Å². The molecule has 0 spiro atoms. The molecule has 0 heterocycles. The lowest BCUT2D eigenvalue weighted by Crippen LogP contribution is -2.46. The first-order chi connectivity index (χ1) is 19.5. The third kappa shape index (κ3) is 27.8. The fraction of sp³-hybridized carbons (Fsp3) is 0.906. The van der Waals surface area contributed by atoms with Crippen molar-refractivity contribution in [2.24, 2.45) is 0 Å². The predicted octanol–water partition coefficient (Wildman–Crippen LogP) is 7.68. The molecule has 0 radical (unpaired) electrons. The molecule has 0 rings (SSSR count). The predicted molar refractivity (Wildman–Crippen MR) is 171 cm³/mol. The number of hydrogen-bond acceptors (Lipinski definition) is 5. The number of likely N-dealkylation sites (N-methyl/N-ethyl adjacent to an activating group) is 1. The normalized spacial score (nSPS) is 15.2. The van der Waals surface area contributed by atoms with E-state index < -0.39 is 20.0 Å². The van der Waals surface area contributed by atoms with Crippen LogP contribution >= 0.6 is 7.82 Å². The number of nitrogens with zero attached hydrogens (tertiary/aromatic N) is 1. The van der Waals surface area contributed by atoms with Crippen LogP contribution < -0.4 is 5.32 Å². The Morgan fingerprint density at radius 2 is 1.32 bits per heavy atom. The zero-order valence-corrected chi connectivity index (χ0v) is 28.2. The molecule has 0 aliphatic rings. The maximum Gasteiger partial charge on any atom is 0.472 e. The van der Waals surface area contributed by atoms with Crippen LogP contribution in [0.15, 0.2) is 12.2 Å². The highest BCUT2D eigenvalue weighted by Gasteiger charge is 2.28. The van der Waals surface area contributed by atoms with Gasteiger partial charge < -0.3 is 19.8 Å². The van der Waals surface area contributed by atoms with Crippen molar-refractivity contribution in [2.75, 3.05) is 40.9 Å². The van der Waals surface area contributed by atoms with Crippen LogP contribution in [0.1, 0.15) is 136 Å². The quantitative estimate of drug-likeness (QED) is 0.0350. The maximum atomic E-state index is 12.6. The summed E-state index contributed by atoms with van der Waals surface area (Å²) in [5.41, 5.74) is 0. The van der Waals surface area contributed by atoms with Crippen LogP contribution in [0.5, 0.6) is 0 Å². The first-order valence-corrected chi connectivity index (χ1v) is 18.0. The minimum atomic E-state index is -4.30. The zero-order valence-electron chi connectivity index (χ0n) is 27.3. The van der Waals surface area contributed by atoms with Gasteiger partial charge in [0.1, 0.15) is 13.2 Å². The Labute approximate surface area is 252 Å². The lowest BCUT2D eigenvalue weighted by atomic mass is 10.0. The largest absolute Gasteiger partial charge is 0.472 e. The average Bonchev–Trinajstić information content (AvgIpc) is 2.90. The van der Waals surface area contributed by atoms with Crippen molar-refractivity contribution in [3.05, 3.63) is 12.2 Å². The molecular formula is C32H66N2O6P+. The van der Waals surface area contributed by atoms with Crippen LogP contribution in [0, 0.1) is 0 Å². The maximum absolute atomic E-state index is 12.6. The van der Waals surface area contributed by atoms with Gasteiger partial charge in [-0.1, -0.05) is 109 Å². The number of allylic oxidation sites excluding steroid dienone is 2. The third-order valence-corrected chi connectivity index (χ3v) is 8.25. The van der Waals surface area contributed by atoms with E-state index in [-0.39, 0.29) is 19.1 Å². The number of unbranched alkanes of at least 4 members (excludes halogenated alkanes) is 14. The molecule has 1 amide bonds. The lowest BCUT2D eigenvalue weighted by Gasteiger charge is -2.26. The summed E-state index contributed by atoms with van der Waals surface area (Å²) in [4.78, 5) is 22.8. The van der Waals surface area contributed by atoms with Gasteiger partial charge in [-0.2, -0.15) is 0 Å². The average molecular weight is 606 g/mol. The Morgan fingerprint density at radius 1 is 0.805 bits per heavy atom.